The molecule has 0 bridgehead atoms. The number of allylic oxidation sites excluding steroid dienone is 4. The molecule has 5 heteroatoms. The molecule has 0 aromatic heterocycles. The van der Waals surface area contributed by atoms with Crippen molar-refractivity contribution in [3.8, 4) is 0 Å². The first kappa shape index (κ1) is 21.8. The molecule has 1 heterocycles. The van der Waals surface area contributed by atoms with E-state index in [4.69, 9.17) is 9.47 Å². The van der Waals surface area contributed by atoms with Crippen molar-refractivity contribution in [3.05, 3.63) is 35.5 Å². The summed E-state index contributed by atoms with van der Waals surface area (Å²) in [6.45, 7) is 8.00. The first-order chi connectivity index (χ1) is 13.8. The summed E-state index contributed by atoms with van der Waals surface area (Å²) in [6, 6.07) is 0. The van der Waals surface area contributed by atoms with Gasteiger partial charge in [-0.25, -0.2) is 4.79 Å². The Bertz CT molecular complexity index is 719. The van der Waals surface area contributed by atoms with Gasteiger partial charge in [0.2, 0.25) is 0 Å². The Kier molecular flexibility index (Phi) is 6.99. The molecule has 3 rings (SSSR count). The zero-order valence-electron chi connectivity index (χ0n) is 18.0. The molecule has 0 aromatic carbocycles. The van der Waals surface area contributed by atoms with Crippen LogP contribution in [0.25, 0.3) is 0 Å². The molecule has 0 saturated carbocycles. The van der Waals surface area contributed by atoms with Crippen molar-refractivity contribution in [3.63, 3.8) is 0 Å². The van der Waals surface area contributed by atoms with Gasteiger partial charge in [0, 0.05) is 17.9 Å². The van der Waals surface area contributed by atoms with Gasteiger partial charge in [-0.3, -0.25) is 4.79 Å². The van der Waals surface area contributed by atoms with Crippen LogP contribution in [0, 0.1) is 23.7 Å². The third-order valence-corrected chi connectivity index (χ3v) is 6.67. The number of esters is 2. The molecule has 2 aliphatic carbocycles. The van der Waals surface area contributed by atoms with E-state index in [1.54, 1.807) is 13.0 Å². The van der Waals surface area contributed by atoms with Crippen LogP contribution in [0.1, 0.15) is 59.8 Å². The van der Waals surface area contributed by atoms with Crippen LogP contribution in [-0.2, 0) is 19.1 Å². The molecule has 160 valence electrons. The number of cyclic esters (lactones) is 1. The lowest BCUT2D eigenvalue weighted by atomic mass is 9.65. The van der Waals surface area contributed by atoms with Crippen LogP contribution < -0.4 is 0 Å². The Morgan fingerprint density at radius 3 is 2.76 bits per heavy atom. The molecule has 7 atom stereocenters. The van der Waals surface area contributed by atoms with Crippen LogP contribution in [0.5, 0.6) is 0 Å². The van der Waals surface area contributed by atoms with E-state index < -0.39 is 6.10 Å². The lowest BCUT2D eigenvalue weighted by Crippen LogP contribution is -2.41. The van der Waals surface area contributed by atoms with Gasteiger partial charge in [0.1, 0.15) is 12.2 Å². The number of hydrogen-bond acceptors (Lipinski definition) is 5. The largest absolute Gasteiger partial charge is 0.462 e. The van der Waals surface area contributed by atoms with Gasteiger partial charge in [-0.15, -0.1) is 0 Å². The molecule has 29 heavy (non-hydrogen) atoms. The van der Waals surface area contributed by atoms with Gasteiger partial charge in [-0.1, -0.05) is 38.2 Å². The molecule has 0 aromatic rings. The third kappa shape index (κ3) is 5.19. The Balaban J connectivity index is 1.76. The lowest BCUT2D eigenvalue weighted by molar-refractivity contribution is -0.161. The minimum atomic E-state index is -0.603. The molecule has 0 amide bonds. The number of fused-ring (bicyclic) bond motifs is 1. The number of aliphatic hydroxyl groups excluding tert-OH is 1. The summed E-state index contributed by atoms with van der Waals surface area (Å²) in [5.41, 5.74) is 1.89. The number of rotatable bonds is 5. The topological polar surface area (TPSA) is 72.8 Å². The van der Waals surface area contributed by atoms with Gasteiger partial charge in [-0.2, -0.15) is 0 Å². The predicted molar refractivity (Wildman–Crippen MR) is 111 cm³/mol. The Morgan fingerprint density at radius 1 is 1.31 bits per heavy atom. The Labute approximate surface area is 173 Å². The summed E-state index contributed by atoms with van der Waals surface area (Å²) in [5, 5.41) is 9.89. The zero-order chi connectivity index (χ0) is 21.1. The number of carbonyl (C=O) groups excluding carboxylic acids is 2. The van der Waals surface area contributed by atoms with Crippen molar-refractivity contribution in [1.29, 1.82) is 0 Å². The fraction of sp³-hybridized carbons (Fsp3) is 0.667. The van der Waals surface area contributed by atoms with Crippen molar-refractivity contribution in [2.75, 3.05) is 0 Å². The van der Waals surface area contributed by atoms with E-state index >= 15 is 0 Å². The monoisotopic (exact) mass is 402 g/mol. The van der Waals surface area contributed by atoms with Gasteiger partial charge >= 0.3 is 11.9 Å². The molecule has 0 spiro atoms. The van der Waals surface area contributed by atoms with Gasteiger partial charge in [0.05, 0.1) is 12.5 Å². The van der Waals surface area contributed by atoms with E-state index in [9.17, 15) is 14.7 Å². The smallest absolute Gasteiger partial charge is 0.333 e. The molecule has 1 aliphatic heterocycles. The highest BCUT2D eigenvalue weighted by Gasteiger charge is 2.42. The van der Waals surface area contributed by atoms with E-state index in [1.165, 1.54) is 5.57 Å². The summed E-state index contributed by atoms with van der Waals surface area (Å²) < 4.78 is 11.4. The Hall–Kier alpha value is -1.88. The van der Waals surface area contributed by atoms with Crippen LogP contribution >= 0.6 is 0 Å². The average molecular weight is 403 g/mol. The average Bonchev–Trinajstić information content (AvgIpc) is 2.65. The molecule has 1 saturated heterocycles. The van der Waals surface area contributed by atoms with E-state index in [1.807, 2.05) is 6.92 Å². The summed E-state index contributed by atoms with van der Waals surface area (Å²) in [6.07, 6.45) is 10.5. The maximum absolute atomic E-state index is 12.5. The van der Waals surface area contributed by atoms with Crippen molar-refractivity contribution in [2.45, 2.75) is 78.1 Å². The molecular weight excluding hydrogens is 368 g/mol. The maximum atomic E-state index is 12.5. The standard InChI is InChI=1S/C24H34O5/c1-5-15(3)24(27)29-21-11-14(2)10-17-7-6-16(4)20(23(17)21)9-8-19-12-18(25)13-22(26)28-19/h5-7,10,14,16,18-21,23,25H,8-9,11-13H2,1-4H3/b15-5+/t14-,16-,18-,19-,20-,21-,23-/m0/s1. The number of hydrogen-bond donors (Lipinski definition) is 1. The molecule has 0 unspecified atom stereocenters. The summed E-state index contributed by atoms with van der Waals surface area (Å²) in [4.78, 5) is 24.1. The van der Waals surface area contributed by atoms with Gasteiger partial charge < -0.3 is 14.6 Å². The second-order valence-electron chi connectivity index (χ2n) is 8.99. The predicted octanol–water partition coefficient (Wildman–Crippen LogP) is 4.12. The fourth-order valence-corrected chi connectivity index (χ4v) is 4.99. The fourth-order valence-electron chi connectivity index (χ4n) is 4.99. The highest BCUT2D eigenvalue weighted by Crippen LogP contribution is 2.45. The summed E-state index contributed by atoms with van der Waals surface area (Å²) in [7, 11) is 0. The van der Waals surface area contributed by atoms with E-state index in [-0.39, 0.29) is 36.5 Å². The number of aliphatic hydroxyl groups is 1. The molecular formula is C24H34O5. The molecule has 1 N–H and O–H groups in total. The molecule has 5 nitrogen and oxygen atoms in total. The normalized spacial score (nSPS) is 37.4. The van der Waals surface area contributed by atoms with Gasteiger partial charge in [0.25, 0.3) is 0 Å². The summed E-state index contributed by atoms with van der Waals surface area (Å²) in [5.74, 6) is 0.614. The SMILES string of the molecule is C/C=C(\C)C(=O)O[C@H]1C[C@@H](C)C=C2C=C[C@H](C)[C@H](CC[C@H]3C[C@H](O)CC(=O)O3)[C@H]21. The quantitative estimate of drug-likeness (QED) is 0.553. The van der Waals surface area contributed by atoms with Crippen LogP contribution in [-0.4, -0.2) is 35.4 Å². The first-order valence-electron chi connectivity index (χ1n) is 10.9. The second kappa shape index (κ2) is 9.29. The highest BCUT2D eigenvalue weighted by atomic mass is 16.5. The van der Waals surface area contributed by atoms with Crippen molar-refractivity contribution < 1.29 is 24.2 Å². The number of carbonyl (C=O) groups is 2. The molecule has 3 aliphatic rings. The van der Waals surface area contributed by atoms with Crippen molar-refractivity contribution >= 4 is 11.9 Å². The Morgan fingerprint density at radius 2 is 2.07 bits per heavy atom. The zero-order valence-corrected chi connectivity index (χ0v) is 18.0. The van der Waals surface area contributed by atoms with Crippen molar-refractivity contribution in [2.24, 2.45) is 23.7 Å². The van der Waals surface area contributed by atoms with E-state index in [0.717, 1.165) is 19.3 Å². The molecule has 0 radical (unpaired) electrons. The van der Waals surface area contributed by atoms with E-state index in [0.29, 0.717) is 29.7 Å². The van der Waals surface area contributed by atoms with Crippen LogP contribution in [0.3, 0.4) is 0 Å². The first-order valence-corrected chi connectivity index (χ1v) is 10.9. The lowest BCUT2D eigenvalue weighted by Gasteiger charge is -2.43. The third-order valence-electron chi connectivity index (χ3n) is 6.67. The maximum Gasteiger partial charge on any atom is 0.333 e. The van der Waals surface area contributed by atoms with Crippen LogP contribution in [0.4, 0.5) is 0 Å². The van der Waals surface area contributed by atoms with Crippen LogP contribution in [0.15, 0.2) is 35.5 Å². The van der Waals surface area contributed by atoms with E-state index in [2.05, 4.69) is 32.1 Å². The van der Waals surface area contributed by atoms with Crippen LogP contribution in [0.2, 0.25) is 0 Å². The minimum absolute atomic E-state index is 0.0921. The second-order valence-corrected chi connectivity index (χ2v) is 8.99. The minimum Gasteiger partial charge on any atom is -0.462 e. The van der Waals surface area contributed by atoms with Gasteiger partial charge in [0.15, 0.2) is 0 Å². The highest BCUT2D eigenvalue weighted by molar-refractivity contribution is 5.87. The molecule has 1 fully saturated rings. The summed E-state index contributed by atoms with van der Waals surface area (Å²) >= 11 is 0. The van der Waals surface area contributed by atoms with Gasteiger partial charge in [-0.05, 0) is 56.4 Å². The van der Waals surface area contributed by atoms with Crippen molar-refractivity contribution in [1.82, 2.24) is 0 Å². The number of ether oxygens (including phenoxy) is 2.